The molecule has 4 aliphatic heterocycles. The summed E-state index contributed by atoms with van der Waals surface area (Å²) in [4.78, 5) is 9.94. The maximum Gasteiger partial charge on any atom is 0.252 e. The maximum atomic E-state index is 2.53. The van der Waals surface area contributed by atoms with E-state index in [0.717, 1.165) is 22.7 Å². The summed E-state index contributed by atoms with van der Waals surface area (Å²) in [5.74, 6) is 0. The molecule has 0 radical (unpaired) electrons. The first-order chi connectivity index (χ1) is 31.8. The van der Waals surface area contributed by atoms with Crippen LogP contribution in [0, 0.1) is 0 Å². The van der Waals surface area contributed by atoms with Crippen LogP contribution in [-0.2, 0) is 0 Å². The van der Waals surface area contributed by atoms with Gasteiger partial charge in [0.05, 0.1) is 0 Å². The normalized spacial score (nSPS) is 13.8. The van der Waals surface area contributed by atoms with E-state index in [1.807, 2.05) is 0 Å². The lowest BCUT2D eigenvalue weighted by molar-refractivity contribution is 1.25. The lowest BCUT2D eigenvalue weighted by Gasteiger charge is -2.45. The number of rotatable bonds is 4. The van der Waals surface area contributed by atoms with Gasteiger partial charge in [0.2, 0.25) is 0 Å². The third-order valence-electron chi connectivity index (χ3n) is 13.9. The first-order valence-electron chi connectivity index (χ1n) is 22.3. The monoisotopic (exact) mass is 812 g/mol. The molecule has 14 rings (SSSR count). The standard InChI is InChI=1S/C58H38B2N4/c1-5-19-41(20-6-1)61-49-29-15-13-27-45(49)59-47-35-39-36-48-56(38-40(39)37-55(47)63(43-23-9-3-10-24-43)53-33-17-31-51(61)57(53)59)64(44-25-11-4-12-26-44)54-34-18-32-52-58(54)60(48)46-28-14-16-30-50(46)62(52)42-21-7-2-8-22-42/h1-38H. The molecule has 64 heavy (non-hydrogen) atoms. The van der Waals surface area contributed by atoms with Crippen LogP contribution >= 0.6 is 0 Å². The van der Waals surface area contributed by atoms with Crippen molar-refractivity contribution in [2.75, 3.05) is 19.6 Å². The zero-order valence-corrected chi connectivity index (χ0v) is 34.9. The van der Waals surface area contributed by atoms with Gasteiger partial charge in [-0.05, 0) is 141 Å². The van der Waals surface area contributed by atoms with E-state index in [2.05, 4.69) is 250 Å². The Morgan fingerprint density at radius 3 is 0.859 bits per heavy atom. The highest BCUT2D eigenvalue weighted by Gasteiger charge is 2.45. The molecule has 0 saturated heterocycles. The van der Waals surface area contributed by atoms with Crippen molar-refractivity contribution in [2.45, 2.75) is 0 Å². The van der Waals surface area contributed by atoms with Crippen LogP contribution in [0.1, 0.15) is 0 Å². The van der Waals surface area contributed by atoms with E-state index >= 15 is 0 Å². The molecule has 4 nitrogen and oxygen atoms in total. The zero-order valence-electron chi connectivity index (χ0n) is 34.9. The molecule has 0 bridgehead atoms. The highest BCUT2D eigenvalue weighted by atomic mass is 15.2. The minimum absolute atomic E-state index is 0.0285. The topological polar surface area (TPSA) is 13.0 Å². The third kappa shape index (κ3) is 4.96. The molecule has 4 aliphatic rings. The fraction of sp³-hybridized carbons (Fsp3) is 0. The second-order valence-electron chi connectivity index (χ2n) is 17.3. The van der Waals surface area contributed by atoms with Crippen LogP contribution in [0.3, 0.4) is 0 Å². The molecule has 0 N–H and O–H groups in total. The lowest BCUT2D eigenvalue weighted by Crippen LogP contribution is -2.61. The van der Waals surface area contributed by atoms with Crippen LogP contribution in [-0.4, -0.2) is 13.4 Å². The zero-order chi connectivity index (χ0) is 41.9. The lowest BCUT2D eigenvalue weighted by atomic mass is 9.33. The quantitative estimate of drug-likeness (QED) is 0.164. The number of anilines is 12. The van der Waals surface area contributed by atoms with E-state index in [-0.39, 0.29) is 13.4 Å². The van der Waals surface area contributed by atoms with E-state index in [9.17, 15) is 0 Å². The van der Waals surface area contributed by atoms with Gasteiger partial charge in [-0.3, -0.25) is 0 Å². The smallest absolute Gasteiger partial charge is 0.252 e. The Kier molecular flexibility index (Phi) is 7.55. The van der Waals surface area contributed by atoms with Gasteiger partial charge in [0.15, 0.2) is 0 Å². The number of hydrogen-bond donors (Lipinski definition) is 0. The highest BCUT2D eigenvalue weighted by molar-refractivity contribution is 7.01. The van der Waals surface area contributed by atoms with Gasteiger partial charge in [-0.2, -0.15) is 0 Å². The Hall–Kier alpha value is -8.21. The van der Waals surface area contributed by atoms with E-state index in [4.69, 9.17) is 0 Å². The van der Waals surface area contributed by atoms with Crippen LogP contribution in [0.25, 0.3) is 10.8 Å². The predicted octanol–water partition coefficient (Wildman–Crippen LogP) is 11.0. The van der Waals surface area contributed by atoms with Crippen molar-refractivity contribution in [1.29, 1.82) is 0 Å². The summed E-state index contributed by atoms with van der Waals surface area (Å²) in [7, 11) is 0. The second-order valence-corrected chi connectivity index (χ2v) is 17.3. The molecule has 10 aromatic rings. The van der Waals surface area contributed by atoms with E-state index in [1.165, 1.54) is 89.0 Å². The molecule has 0 fully saturated rings. The molecule has 0 spiro atoms. The van der Waals surface area contributed by atoms with Crippen molar-refractivity contribution >= 4 is 125 Å². The molecule has 6 heteroatoms. The van der Waals surface area contributed by atoms with Gasteiger partial charge in [0.1, 0.15) is 0 Å². The van der Waals surface area contributed by atoms with Crippen molar-refractivity contribution in [3.63, 3.8) is 0 Å². The third-order valence-corrected chi connectivity index (χ3v) is 13.9. The molecule has 0 aliphatic carbocycles. The van der Waals surface area contributed by atoms with Crippen molar-refractivity contribution in [2.24, 2.45) is 0 Å². The number of nitrogens with zero attached hydrogens (tertiary/aromatic N) is 4. The van der Waals surface area contributed by atoms with Crippen LogP contribution in [0.15, 0.2) is 231 Å². The summed E-state index contributed by atoms with van der Waals surface area (Å²) < 4.78 is 0. The van der Waals surface area contributed by atoms with Gasteiger partial charge < -0.3 is 19.6 Å². The van der Waals surface area contributed by atoms with Crippen LogP contribution in [0.4, 0.5) is 68.2 Å². The Labute approximate surface area is 373 Å². The summed E-state index contributed by atoms with van der Waals surface area (Å²) in [6.45, 7) is 0.0569. The maximum absolute atomic E-state index is 2.53. The number of benzene rings is 10. The van der Waals surface area contributed by atoms with Gasteiger partial charge in [-0.15, -0.1) is 0 Å². The SMILES string of the molecule is c1ccc(N2c3ccccc3B3c4cc5cc6c(cc5cc4N(c4ccccc4)c4cccc2c43)N(c2ccccc2)c2cccc3c2B6c2ccccc2N3c2ccccc2)cc1. The Bertz CT molecular complexity index is 3260. The first-order valence-corrected chi connectivity index (χ1v) is 22.3. The van der Waals surface area contributed by atoms with Crippen molar-refractivity contribution in [3.05, 3.63) is 231 Å². The molecular formula is C58H38B2N4. The number of para-hydroxylation sites is 6. The largest absolute Gasteiger partial charge is 0.311 e. The van der Waals surface area contributed by atoms with E-state index in [1.54, 1.807) is 0 Å². The van der Waals surface area contributed by atoms with Gasteiger partial charge in [-0.25, -0.2) is 0 Å². The summed E-state index contributed by atoms with van der Waals surface area (Å²) >= 11 is 0. The van der Waals surface area contributed by atoms with Crippen molar-refractivity contribution in [1.82, 2.24) is 0 Å². The molecular weight excluding hydrogens is 774 g/mol. The van der Waals surface area contributed by atoms with Gasteiger partial charge in [0, 0.05) is 68.2 Å². The summed E-state index contributed by atoms with van der Waals surface area (Å²) in [6, 6.07) is 85.3. The molecule has 0 saturated carbocycles. The predicted molar refractivity (Wildman–Crippen MR) is 272 cm³/mol. The Morgan fingerprint density at radius 1 is 0.219 bits per heavy atom. The second kappa shape index (κ2) is 13.6. The van der Waals surface area contributed by atoms with Crippen LogP contribution < -0.4 is 52.4 Å². The minimum Gasteiger partial charge on any atom is -0.311 e. The Morgan fingerprint density at radius 2 is 0.500 bits per heavy atom. The first kappa shape index (κ1) is 35.4. The average Bonchev–Trinajstić information content (AvgIpc) is 3.36. The highest BCUT2D eigenvalue weighted by Crippen LogP contribution is 2.47. The fourth-order valence-electron chi connectivity index (χ4n) is 11.4. The minimum atomic E-state index is 0.0285. The number of fused-ring (bicyclic) bond motifs is 9. The van der Waals surface area contributed by atoms with Crippen LogP contribution in [0.2, 0.25) is 0 Å². The molecule has 0 unspecified atom stereocenters. The van der Waals surface area contributed by atoms with Gasteiger partial charge >= 0.3 is 0 Å². The molecule has 0 amide bonds. The molecule has 0 aromatic heterocycles. The van der Waals surface area contributed by atoms with Gasteiger partial charge in [0.25, 0.3) is 13.4 Å². The van der Waals surface area contributed by atoms with Crippen molar-refractivity contribution < 1.29 is 0 Å². The van der Waals surface area contributed by atoms with Crippen LogP contribution in [0.5, 0.6) is 0 Å². The van der Waals surface area contributed by atoms with E-state index < -0.39 is 0 Å². The van der Waals surface area contributed by atoms with Gasteiger partial charge in [-0.1, -0.05) is 133 Å². The average molecular weight is 813 g/mol. The molecule has 4 heterocycles. The van der Waals surface area contributed by atoms with Crippen molar-refractivity contribution in [3.8, 4) is 0 Å². The van der Waals surface area contributed by atoms with E-state index in [0.29, 0.717) is 0 Å². The summed E-state index contributed by atoms with van der Waals surface area (Å²) in [5.41, 5.74) is 22.2. The fourth-order valence-corrected chi connectivity index (χ4v) is 11.4. The summed E-state index contributed by atoms with van der Waals surface area (Å²) in [6.07, 6.45) is 0. The molecule has 10 aromatic carbocycles. The molecule has 296 valence electrons. The Balaban J connectivity index is 1.06. The number of hydrogen-bond acceptors (Lipinski definition) is 4. The molecule has 0 atom stereocenters. The summed E-state index contributed by atoms with van der Waals surface area (Å²) in [5, 5.41) is 2.45.